The van der Waals surface area contributed by atoms with Crippen LogP contribution in [0.3, 0.4) is 0 Å². The van der Waals surface area contributed by atoms with Gasteiger partial charge in [-0.2, -0.15) is 0 Å². The van der Waals surface area contributed by atoms with Crippen LogP contribution in [0, 0.1) is 23.5 Å². The van der Waals surface area contributed by atoms with Crippen LogP contribution in [0.25, 0.3) is 0 Å². The molecule has 0 aliphatic rings. The molecule has 5 heteroatoms. The van der Waals surface area contributed by atoms with Crippen LogP contribution in [0.15, 0.2) is 18.2 Å². The zero-order valence-corrected chi connectivity index (χ0v) is 10.7. The first-order chi connectivity index (χ1) is 8.38. The predicted octanol–water partition coefficient (Wildman–Crippen LogP) is 2.19. The van der Waals surface area contributed by atoms with Crippen molar-refractivity contribution in [3.8, 4) is 0 Å². The number of aliphatic hydroxyl groups is 1. The molecule has 0 saturated heterocycles. The lowest BCUT2D eigenvalue weighted by Crippen LogP contribution is -2.37. The van der Waals surface area contributed by atoms with Crippen molar-refractivity contribution in [2.24, 2.45) is 11.8 Å². The van der Waals surface area contributed by atoms with Crippen molar-refractivity contribution in [3.05, 3.63) is 29.8 Å². The number of benzene rings is 1. The molecule has 0 heterocycles. The average Bonchev–Trinajstić information content (AvgIpc) is 2.32. The molecule has 0 saturated carbocycles. The Morgan fingerprint density at radius 3 is 2.39 bits per heavy atom. The maximum atomic E-state index is 13.1. The highest BCUT2D eigenvalue weighted by Gasteiger charge is 2.25. The second-order valence-corrected chi connectivity index (χ2v) is 4.53. The molecule has 0 aliphatic carbocycles. The summed E-state index contributed by atoms with van der Waals surface area (Å²) in [5, 5.41) is 9.18. The summed E-state index contributed by atoms with van der Waals surface area (Å²) in [5.41, 5.74) is 0.262. The topological polar surface area (TPSA) is 40.5 Å². The predicted molar refractivity (Wildman–Crippen MR) is 65.2 cm³/mol. The van der Waals surface area contributed by atoms with E-state index in [0.29, 0.717) is 0 Å². The molecule has 100 valence electrons. The van der Waals surface area contributed by atoms with E-state index in [2.05, 4.69) is 0 Å². The zero-order valence-electron chi connectivity index (χ0n) is 10.7. The van der Waals surface area contributed by atoms with E-state index in [9.17, 15) is 18.7 Å². The van der Waals surface area contributed by atoms with E-state index in [1.165, 1.54) is 18.0 Å². The molecule has 1 amide bonds. The van der Waals surface area contributed by atoms with Gasteiger partial charge in [0.25, 0.3) is 0 Å². The SMILES string of the molecule is CC(C)C(CO)C(=O)N(C)c1ccc(F)c(F)c1. The number of nitrogens with zero attached hydrogens (tertiary/aromatic N) is 1. The van der Waals surface area contributed by atoms with E-state index in [1.807, 2.05) is 13.8 Å². The Kier molecular flexibility index (Phi) is 4.78. The van der Waals surface area contributed by atoms with Gasteiger partial charge in [-0.25, -0.2) is 8.78 Å². The molecule has 1 unspecified atom stereocenters. The largest absolute Gasteiger partial charge is 0.396 e. The lowest BCUT2D eigenvalue weighted by Gasteiger charge is -2.25. The highest BCUT2D eigenvalue weighted by atomic mass is 19.2. The number of halogens is 2. The molecule has 0 fully saturated rings. The van der Waals surface area contributed by atoms with E-state index < -0.39 is 17.6 Å². The number of anilines is 1. The lowest BCUT2D eigenvalue weighted by molar-refractivity contribution is -0.124. The summed E-state index contributed by atoms with van der Waals surface area (Å²) in [4.78, 5) is 13.3. The third-order valence-electron chi connectivity index (χ3n) is 2.94. The van der Waals surface area contributed by atoms with Crippen molar-refractivity contribution < 1.29 is 18.7 Å². The van der Waals surface area contributed by atoms with Gasteiger partial charge in [-0.1, -0.05) is 13.8 Å². The summed E-state index contributed by atoms with van der Waals surface area (Å²) in [6.07, 6.45) is 0. The summed E-state index contributed by atoms with van der Waals surface area (Å²) >= 11 is 0. The van der Waals surface area contributed by atoms with Crippen LogP contribution in [0.1, 0.15) is 13.8 Å². The fraction of sp³-hybridized carbons (Fsp3) is 0.462. The van der Waals surface area contributed by atoms with E-state index in [1.54, 1.807) is 0 Å². The maximum Gasteiger partial charge on any atom is 0.232 e. The number of hydrogen-bond acceptors (Lipinski definition) is 2. The molecule has 0 aliphatic heterocycles. The molecule has 0 spiro atoms. The average molecular weight is 257 g/mol. The van der Waals surface area contributed by atoms with Crippen molar-refractivity contribution in [1.82, 2.24) is 0 Å². The van der Waals surface area contributed by atoms with E-state index in [0.717, 1.165) is 12.1 Å². The summed E-state index contributed by atoms with van der Waals surface area (Å²) in [6, 6.07) is 3.25. The monoisotopic (exact) mass is 257 g/mol. The van der Waals surface area contributed by atoms with Crippen LogP contribution in [0.5, 0.6) is 0 Å². The number of rotatable bonds is 4. The first kappa shape index (κ1) is 14.6. The van der Waals surface area contributed by atoms with Gasteiger partial charge in [0, 0.05) is 18.8 Å². The van der Waals surface area contributed by atoms with E-state index in [4.69, 9.17) is 0 Å². The van der Waals surface area contributed by atoms with Gasteiger partial charge in [-0.05, 0) is 18.1 Å². The molecular formula is C13H17F2NO2. The molecule has 3 nitrogen and oxygen atoms in total. The quantitative estimate of drug-likeness (QED) is 0.898. The highest BCUT2D eigenvalue weighted by molar-refractivity contribution is 5.94. The number of amides is 1. The Hall–Kier alpha value is -1.49. The van der Waals surface area contributed by atoms with Crippen molar-refractivity contribution in [3.63, 3.8) is 0 Å². The molecule has 1 atom stereocenters. The van der Waals surface area contributed by atoms with Gasteiger partial charge >= 0.3 is 0 Å². The maximum absolute atomic E-state index is 13.1. The van der Waals surface area contributed by atoms with Crippen molar-refractivity contribution in [2.75, 3.05) is 18.6 Å². The summed E-state index contributed by atoms with van der Waals surface area (Å²) in [5.74, 6) is -2.86. The molecule has 0 bridgehead atoms. The smallest absolute Gasteiger partial charge is 0.232 e. The second kappa shape index (κ2) is 5.91. The first-order valence-electron chi connectivity index (χ1n) is 5.72. The minimum Gasteiger partial charge on any atom is -0.396 e. The van der Waals surface area contributed by atoms with Gasteiger partial charge in [0.2, 0.25) is 5.91 Å². The zero-order chi connectivity index (χ0) is 13.9. The van der Waals surface area contributed by atoms with Crippen LogP contribution in [-0.4, -0.2) is 24.7 Å². The van der Waals surface area contributed by atoms with Crippen LogP contribution < -0.4 is 4.90 Å². The van der Waals surface area contributed by atoms with Gasteiger partial charge in [0.1, 0.15) is 0 Å². The first-order valence-corrected chi connectivity index (χ1v) is 5.72. The van der Waals surface area contributed by atoms with E-state index >= 15 is 0 Å². The number of aliphatic hydroxyl groups excluding tert-OH is 1. The van der Waals surface area contributed by atoms with Gasteiger partial charge in [-0.3, -0.25) is 4.79 Å². The number of carbonyl (C=O) groups is 1. The number of carbonyl (C=O) groups excluding carboxylic acids is 1. The fourth-order valence-electron chi connectivity index (χ4n) is 1.64. The Morgan fingerprint density at radius 1 is 1.33 bits per heavy atom. The van der Waals surface area contributed by atoms with Crippen LogP contribution >= 0.6 is 0 Å². The Balaban J connectivity index is 2.95. The minimum atomic E-state index is -1.00. The molecule has 1 N–H and O–H groups in total. The van der Waals surface area contributed by atoms with Crippen molar-refractivity contribution >= 4 is 11.6 Å². The fourth-order valence-corrected chi connectivity index (χ4v) is 1.64. The molecule has 0 radical (unpaired) electrons. The Bertz CT molecular complexity index is 435. The van der Waals surface area contributed by atoms with Crippen LogP contribution in [-0.2, 0) is 4.79 Å². The third kappa shape index (κ3) is 3.04. The van der Waals surface area contributed by atoms with Crippen molar-refractivity contribution in [1.29, 1.82) is 0 Å². The van der Waals surface area contributed by atoms with Gasteiger partial charge in [0.05, 0.1) is 12.5 Å². The van der Waals surface area contributed by atoms with Gasteiger partial charge in [0.15, 0.2) is 11.6 Å². The molecule has 1 aromatic rings. The standard InChI is InChI=1S/C13H17F2NO2/c1-8(2)10(7-17)13(18)16(3)9-4-5-11(14)12(15)6-9/h4-6,8,10,17H,7H2,1-3H3. The van der Waals surface area contributed by atoms with Crippen molar-refractivity contribution in [2.45, 2.75) is 13.8 Å². The summed E-state index contributed by atoms with van der Waals surface area (Å²) in [6.45, 7) is 3.36. The number of hydrogen-bond donors (Lipinski definition) is 1. The van der Waals surface area contributed by atoms with Crippen LogP contribution in [0.2, 0.25) is 0 Å². The Morgan fingerprint density at radius 2 is 1.94 bits per heavy atom. The second-order valence-electron chi connectivity index (χ2n) is 4.53. The van der Waals surface area contributed by atoms with Crippen LogP contribution in [0.4, 0.5) is 14.5 Å². The molecular weight excluding hydrogens is 240 g/mol. The molecule has 18 heavy (non-hydrogen) atoms. The molecule has 0 aromatic heterocycles. The Labute approximate surface area is 105 Å². The summed E-state index contributed by atoms with van der Waals surface area (Å²) in [7, 11) is 1.47. The lowest BCUT2D eigenvalue weighted by atomic mass is 9.95. The van der Waals surface area contributed by atoms with E-state index in [-0.39, 0.29) is 24.1 Å². The summed E-state index contributed by atoms with van der Waals surface area (Å²) < 4.78 is 25.9. The third-order valence-corrected chi connectivity index (χ3v) is 2.94. The van der Waals surface area contributed by atoms with Gasteiger partial charge < -0.3 is 10.0 Å². The molecule has 1 aromatic carbocycles. The molecule has 1 rings (SSSR count). The highest BCUT2D eigenvalue weighted by Crippen LogP contribution is 2.21. The minimum absolute atomic E-state index is 0.0322. The normalized spacial score (nSPS) is 12.6. The van der Waals surface area contributed by atoms with Gasteiger partial charge in [-0.15, -0.1) is 0 Å².